The Bertz CT molecular complexity index is 591. The molecule has 1 aromatic rings. The summed E-state index contributed by atoms with van der Waals surface area (Å²) >= 11 is 0. The molecule has 1 fully saturated rings. The molecule has 0 aromatic heterocycles. The minimum Gasteiger partial charge on any atom is -0.494 e. The molecule has 2 N–H and O–H groups in total. The van der Waals surface area contributed by atoms with Gasteiger partial charge in [0, 0.05) is 12.5 Å². The Balaban J connectivity index is 1.84. The van der Waals surface area contributed by atoms with Gasteiger partial charge < -0.3 is 15.2 Å². The number of aliphatic hydroxyl groups is 1. The second-order valence-electron chi connectivity index (χ2n) is 9.02. The van der Waals surface area contributed by atoms with Crippen LogP contribution < -0.4 is 10.1 Å². The molecular weight excluding hydrogens is 362 g/mol. The third kappa shape index (κ3) is 7.65. The Labute approximate surface area is 177 Å². The third-order valence-electron chi connectivity index (χ3n) is 6.42. The molecule has 0 bridgehead atoms. The Kier molecular flexibility index (Phi) is 9.99. The SMILES string of the molecule is CCCC1CCC(CNC(=O)C(CC(O)c2ccc(OCC)cc2)C(C)C)CC1. The van der Waals surface area contributed by atoms with Crippen molar-refractivity contribution in [1.82, 2.24) is 5.32 Å². The first-order valence-corrected chi connectivity index (χ1v) is 11.6. The molecule has 4 nitrogen and oxygen atoms in total. The Hall–Kier alpha value is -1.55. The smallest absolute Gasteiger partial charge is 0.223 e. The maximum absolute atomic E-state index is 12.9. The standard InChI is InChI=1S/C25H41NO3/c1-5-7-19-8-10-20(11-9-19)17-26-25(28)23(18(3)4)16-24(27)21-12-14-22(15-13-21)29-6-2/h12-15,18-20,23-24,27H,5-11,16-17H2,1-4H3,(H,26,28). The molecule has 164 valence electrons. The van der Waals surface area contributed by atoms with E-state index in [0.717, 1.165) is 23.8 Å². The lowest BCUT2D eigenvalue weighted by atomic mass is 9.80. The van der Waals surface area contributed by atoms with Gasteiger partial charge >= 0.3 is 0 Å². The molecule has 2 rings (SSSR count). The number of benzene rings is 1. The molecule has 1 aromatic carbocycles. The van der Waals surface area contributed by atoms with Crippen molar-refractivity contribution in [3.05, 3.63) is 29.8 Å². The van der Waals surface area contributed by atoms with Crippen molar-refractivity contribution in [2.45, 2.75) is 78.7 Å². The third-order valence-corrected chi connectivity index (χ3v) is 6.42. The highest BCUT2D eigenvalue weighted by molar-refractivity contribution is 5.78. The summed E-state index contributed by atoms with van der Waals surface area (Å²) in [6.07, 6.45) is 7.49. The van der Waals surface area contributed by atoms with Crippen molar-refractivity contribution in [2.75, 3.05) is 13.2 Å². The van der Waals surface area contributed by atoms with Gasteiger partial charge in [-0.1, -0.05) is 58.6 Å². The van der Waals surface area contributed by atoms with Crippen molar-refractivity contribution in [2.24, 2.45) is 23.7 Å². The first-order valence-electron chi connectivity index (χ1n) is 11.6. The molecule has 1 amide bonds. The van der Waals surface area contributed by atoms with E-state index in [4.69, 9.17) is 4.74 Å². The van der Waals surface area contributed by atoms with Gasteiger partial charge in [0.1, 0.15) is 5.75 Å². The summed E-state index contributed by atoms with van der Waals surface area (Å²) in [5.41, 5.74) is 0.834. The van der Waals surface area contributed by atoms with Gasteiger partial charge in [-0.2, -0.15) is 0 Å². The summed E-state index contributed by atoms with van der Waals surface area (Å²) in [6.45, 7) is 9.74. The van der Waals surface area contributed by atoms with Gasteiger partial charge in [-0.25, -0.2) is 0 Å². The number of rotatable bonds is 11. The van der Waals surface area contributed by atoms with E-state index in [-0.39, 0.29) is 17.7 Å². The van der Waals surface area contributed by atoms with Crippen LogP contribution in [0.2, 0.25) is 0 Å². The van der Waals surface area contributed by atoms with Gasteiger partial charge in [0.25, 0.3) is 0 Å². The lowest BCUT2D eigenvalue weighted by Crippen LogP contribution is -2.38. The predicted molar refractivity (Wildman–Crippen MR) is 119 cm³/mol. The summed E-state index contributed by atoms with van der Waals surface area (Å²) in [4.78, 5) is 12.9. The number of ether oxygens (including phenoxy) is 1. The van der Waals surface area contributed by atoms with E-state index in [1.807, 2.05) is 31.2 Å². The first-order chi connectivity index (χ1) is 13.9. The van der Waals surface area contributed by atoms with E-state index < -0.39 is 6.10 Å². The van der Waals surface area contributed by atoms with E-state index >= 15 is 0 Å². The van der Waals surface area contributed by atoms with Crippen molar-refractivity contribution >= 4 is 5.91 Å². The molecule has 29 heavy (non-hydrogen) atoms. The van der Waals surface area contributed by atoms with Crippen LogP contribution in [0.25, 0.3) is 0 Å². The molecule has 1 aliphatic rings. The number of nitrogens with one attached hydrogen (secondary N) is 1. The van der Waals surface area contributed by atoms with Crippen LogP contribution in [0.4, 0.5) is 0 Å². The Morgan fingerprint density at radius 1 is 1.10 bits per heavy atom. The quantitative estimate of drug-likeness (QED) is 0.513. The van der Waals surface area contributed by atoms with Crippen LogP contribution in [0.3, 0.4) is 0 Å². The molecular formula is C25H41NO3. The highest BCUT2D eigenvalue weighted by atomic mass is 16.5. The predicted octanol–water partition coefficient (Wildman–Crippen LogP) is 5.50. The maximum Gasteiger partial charge on any atom is 0.223 e. The number of carbonyl (C=O) groups excluding carboxylic acids is 1. The fourth-order valence-corrected chi connectivity index (χ4v) is 4.52. The summed E-state index contributed by atoms with van der Waals surface area (Å²) in [6, 6.07) is 7.53. The second-order valence-corrected chi connectivity index (χ2v) is 9.02. The fraction of sp³-hybridized carbons (Fsp3) is 0.720. The number of carbonyl (C=O) groups is 1. The summed E-state index contributed by atoms with van der Waals surface area (Å²) in [5, 5.41) is 13.9. The molecule has 1 saturated carbocycles. The number of aliphatic hydroxyl groups excluding tert-OH is 1. The molecule has 0 radical (unpaired) electrons. The molecule has 1 aliphatic carbocycles. The molecule has 0 saturated heterocycles. The molecule has 2 atom stereocenters. The minimum atomic E-state index is -0.645. The fourth-order valence-electron chi connectivity index (χ4n) is 4.52. The van der Waals surface area contributed by atoms with E-state index in [1.54, 1.807) is 0 Å². The van der Waals surface area contributed by atoms with Crippen LogP contribution in [-0.2, 0) is 4.79 Å². The average Bonchev–Trinajstić information content (AvgIpc) is 2.72. The lowest BCUT2D eigenvalue weighted by Gasteiger charge is -2.29. The van der Waals surface area contributed by atoms with Gasteiger partial charge in [0.2, 0.25) is 5.91 Å². The molecule has 2 unspecified atom stereocenters. The zero-order chi connectivity index (χ0) is 21.2. The summed E-state index contributed by atoms with van der Waals surface area (Å²) < 4.78 is 5.46. The van der Waals surface area contributed by atoms with Gasteiger partial charge in [0.05, 0.1) is 12.7 Å². The minimum absolute atomic E-state index is 0.0840. The molecule has 0 spiro atoms. The monoisotopic (exact) mass is 403 g/mol. The van der Waals surface area contributed by atoms with E-state index in [2.05, 4.69) is 26.1 Å². The van der Waals surface area contributed by atoms with E-state index in [1.165, 1.54) is 38.5 Å². The molecule has 0 heterocycles. The first kappa shape index (κ1) is 23.7. The Morgan fingerprint density at radius 2 is 1.72 bits per heavy atom. The van der Waals surface area contributed by atoms with Crippen LogP contribution in [0.1, 0.15) is 84.3 Å². The normalized spacial score (nSPS) is 21.6. The second kappa shape index (κ2) is 12.2. The van der Waals surface area contributed by atoms with Crippen LogP contribution in [0.5, 0.6) is 5.75 Å². The van der Waals surface area contributed by atoms with Gasteiger partial charge in [0.15, 0.2) is 0 Å². The van der Waals surface area contributed by atoms with Crippen molar-refractivity contribution < 1.29 is 14.6 Å². The van der Waals surface area contributed by atoms with Crippen molar-refractivity contribution in [3.8, 4) is 5.75 Å². The molecule has 0 aliphatic heterocycles. The highest BCUT2D eigenvalue weighted by Gasteiger charge is 2.27. The van der Waals surface area contributed by atoms with Crippen molar-refractivity contribution in [3.63, 3.8) is 0 Å². The summed E-state index contributed by atoms with van der Waals surface area (Å²) in [5.74, 6) is 2.38. The highest BCUT2D eigenvalue weighted by Crippen LogP contribution is 2.32. The zero-order valence-corrected chi connectivity index (χ0v) is 18.8. The zero-order valence-electron chi connectivity index (χ0n) is 18.8. The van der Waals surface area contributed by atoms with E-state index in [0.29, 0.717) is 18.9 Å². The number of hydrogen-bond acceptors (Lipinski definition) is 3. The van der Waals surface area contributed by atoms with Crippen LogP contribution in [-0.4, -0.2) is 24.2 Å². The van der Waals surface area contributed by atoms with Crippen LogP contribution in [0.15, 0.2) is 24.3 Å². The van der Waals surface area contributed by atoms with Gasteiger partial charge in [-0.3, -0.25) is 4.79 Å². The van der Waals surface area contributed by atoms with Crippen LogP contribution >= 0.6 is 0 Å². The largest absolute Gasteiger partial charge is 0.494 e. The van der Waals surface area contributed by atoms with Crippen molar-refractivity contribution in [1.29, 1.82) is 0 Å². The van der Waals surface area contributed by atoms with E-state index in [9.17, 15) is 9.90 Å². The van der Waals surface area contributed by atoms with Crippen LogP contribution in [0, 0.1) is 23.7 Å². The van der Waals surface area contributed by atoms with Gasteiger partial charge in [-0.05, 0) is 61.6 Å². The number of amides is 1. The lowest BCUT2D eigenvalue weighted by molar-refractivity contribution is -0.127. The summed E-state index contributed by atoms with van der Waals surface area (Å²) in [7, 11) is 0. The average molecular weight is 404 g/mol. The maximum atomic E-state index is 12.9. The Morgan fingerprint density at radius 3 is 2.28 bits per heavy atom. The number of hydrogen-bond donors (Lipinski definition) is 2. The van der Waals surface area contributed by atoms with Gasteiger partial charge in [-0.15, -0.1) is 0 Å². The topological polar surface area (TPSA) is 58.6 Å². The molecule has 4 heteroatoms.